The zero-order valence-electron chi connectivity index (χ0n) is 19.7. The number of benzene rings is 2. The Morgan fingerprint density at radius 2 is 1.85 bits per heavy atom. The van der Waals surface area contributed by atoms with Crippen molar-refractivity contribution in [2.75, 3.05) is 39.6 Å². The smallest absolute Gasteiger partial charge is 0.339 e. The predicted octanol–water partition coefficient (Wildman–Crippen LogP) is 3.69. The second-order valence-electron chi connectivity index (χ2n) is 8.36. The normalized spacial score (nSPS) is 11.0. The highest BCUT2D eigenvalue weighted by Crippen LogP contribution is 2.20. The molecule has 1 aromatic heterocycles. The van der Waals surface area contributed by atoms with E-state index in [0.717, 1.165) is 28.6 Å². The molecule has 3 aromatic rings. The zero-order valence-corrected chi connectivity index (χ0v) is 20.5. The van der Waals surface area contributed by atoms with Crippen LogP contribution in [0.1, 0.15) is 27.0 Å². The minimum absolute atomic E-state index is 0.139. The van der Waals surface area contributed by atoms with Gasteiger partial charge in [-0.05, 0) is 75.6 Å². The third-order valence-electron chi connectivity index (χ3n) is 5.43. The van der Waals surface area contributed by atoms with Crippen molar-refractivity contribution in [1.82, 2.24) is 14.8 Å². The standard InChI is InChI=1S/C25H30N4O3S/c1-16-12-17(2)20-14-18(23(30)26-22(20)13-16)15-29(11-10-28(3)4)25(33)27-21-9-7-6-8-19(21)24(31)32-5/h6-9,12-14H,10-11,15H2,1-5H3,(H,26,30)(H,27,33). The van der Waals surface area contributed by atoms with E-state index in [2.05, 4.69) is 21.3 Å². The van der Waals surface area contributed by atoms with E-state index < -0.39 is 5.97 Å². The number of carbonyl (C=O) groups is 1. The van der Waals surface area contributed by atoms with Crippen molar-refractivity contribution in [3.63, 3.8) is 0 Å². The van der Waals surface area contributed by atoms with Crippen LogP contribution in [0.2, 0.25) is 0 Å². The Balaban J connectivity index is 1.92. The summed E-state index contributed by atoms with van der Waals surface area (Å²) in [5.74, 6) is -0.447. The highest BCUT2D eigenvalue weighted by atomic mass is 32.1. The lowest BCUT2D eigenvalue weighted by Gasteiger charge is -2.27. The lowest BCUT2D eigenvalue weighted by atomic mass is 10.0. The number of anilines is 1. The van der Waals surface area contributed by atoms with Crippen molar-refractivity contribution in [1.29, 1.82) is 0 Å². The van der Waals surface area contributed by atoms with Crippen LogP contribution in [0.3, 0.4) is 0 Å². The molecule has 0 bridgehead atoms. The summed E-state index contributed by atoms with van der Waals surface area (Å²) in [4.78, 5) is 32.0. The highest BCUT2D eigenvalue weighted by molar-refractivity contribution is 7.80. The number of aryl methyl sites for hydroxylation is 2. The maximum Gasteiger partial charge on any atom is 0.339 e. The minimum atomic E-state index is -0.447. The number of thiocarbonyl (C=S) groups is 1. The number of para-hydroxylation sites is 1. The number of esters is 1. The number of ether oxygens (including phenoxy) is 1. The molecule has 3 rings (SSSR count). The van der Waals surface area contributed by atoms with E-state index in [-0.39, 0.29) is 5.56 Å². The van der Waals surface area contributed by atoms with Gasteiger partial charge in [0.25, 0.3) is 5.56 Å². The summed E-state index contributed by atoms with van der Waals surface area (Å²) in [5, 5.41) is 4.61. The Bertz CT molecular complexity index is 1240. The molecule has 0 atom stereocenters. The van der Waals surface area contributed by atoms with Gasteiger partial charge in [-0.25, -0.2) is 4.79 Å². The molecule has 0 aliphatic rings. The fourth-order valence-electron chi connectivity index (χ4n) is 3.69. The van der Waals surface area contributed by atoms with Crippen LogP contribution < -0.4 is 10.9 Å². The number of aromatic nitrogens is 1. The fraction of sp³-hybridized carbons (Fsp3) is 0.320. The van der Waals surface area contributed by atoms with Crippen molar-refractivity contribution in [3.8, 4) is 0 Å². The number of fused-ring (bicyclic) bond motifs is 1. The van der Waals surface area contributed by atoms with Gasteiger partial charge in [0.1, 0.15) is 0 Å². The highest BCUT2D eigenvalue weighted by Gasteiger charge is 2.17. The molecule has 1 heterocycles. The summed E-state index contributed by atoms with van der Waals surface area (Å²) in [5.41, 5.74) is 4.47. The molecule has 0 saturated heterocycles. The van der Waals surface area contributed by atoms with Gasteiger partial charge in [-0.1, -0.05) is 18.2 Å². The van der Waals surface area contributed by atoms with Crippen LogP contribution in [-0.2, 0) is 11.3 Å². The number of nitrogens with one attached hydrogen (secondary N) is 2. The van der Waals surface area contributed by atoms with Crippen LogP contribution in [0.4, 0.5) is 5.69 Å². The van der Waals surface area contributed by atoms with Gasteiger partial charge in [0.15, 0.2) is 5.11 Å². The molecule has 2 aromatic carbocycles. The summed E-state index contributed by atoms with van der Waals surface area (Å²) >= 11 is 5.71. The molecule has 2 N–H and O–H groups in total. The van der Waals surface area contributed by atoms with E-state index in [1.807, 2.05) is 51.0 Å². The number of methoxy groups -OCH3 is 1. The van der Waals surface area contributed by atoms with Crippen LogP contribution in [-0.4, -0.2) is 60.2 Å². The second kappa shape index (κ2) is 10.6. The monoisotopic (exact) mass is 466 g/mol. The number of hydrogen-bond donors (Lipinski definition) is 2. The number of aromatic amines is 1. The van der Waals surface area contributed by atoms with Gasteiger partial charge in [-0.15, -0.1) is 0 Å². The number of rotatable bonds is 7. The molecule has 0 aliphatic carbocycles. The first-order chi connectivity index (χ1) is 15.7. The molecule has 7 nitrogen and oxygen atoms in total. The summed E-state index contributed by atoms with van der Waals surface area (Å²) in [6.07, 6.45) is 0. The van der Waals surface area contributed by atoms with E-state index in [1.165, 1.54) is 7.11 Å². The summed E-state index contributed by atoms with van der Waals surface area (Å²) in [6.45, 7) is 5.72. The van der Waals surface area contributed by atoms with E-state index in [9.17, 15) is 9.59 Å². The van der Waals surface area contributed by atoms with Gasteiger partial charge in [0.2, 0.25) is 0 Å². The lowest BCUT2D eigenvalue weighted by molar-refractivity contribution is 0.0602. The average molecular weight is 467 g/mol. The molecule has 0 unspecified atom stereocenters. The van der Waals surface area contributed by atoms with Gasteiger partial charge in [0, 0.05) is 29.6 Å². The number of nitrogens with zero attached hydrogens (tertiary/aromatic N) is 2. The Kier molecular flexibility index (Phi) is 7.84. The molecule has 0 aliphatic heterocycles. The Labute approximate surface area is 199 Å². The van der Waals surface area contributed by atoms with E-state index in [0.29, 0.717) is 35.0 Å². The third kappa shape index (κ3) is 5.97. The summed E-state index contributed by atoms with van der Waals surface area (Å²) in [6, 6.07) is 13.1. The maximum absolute atomic E-state index is 12.9. The first-order valence-corrected chi connectivity index (χ1v) is 11.1. The van der Waals surface area contributed by atoms with Crippen LogP contribution in [0.15, 0.2) is 47.3 Å². The average Bonchev–Trinajstić information content (AvgIpc) is 2.76. The van der Waals surface area contributed by atoms with Crippen LogP contribution in [0.5, 0.6) is 0 Å². The number of hydrogen-bond acceptors (Lipinski definition) is 5. The topological polar surface area (TPSA) is 77.7 Å². The van der Waals surface area contributed by atoms with E-state index in [1.54, 1.807) is 18.2 Å². The maximum atomic E-state index is 12.9. The first-order valence-electron chi connectivity index (χ1n) is 10.7. The number of pyridine rings is 1. The van der Waals surface area contributed by atoms with E-state index in [4.69, 9.17) is 17.0 Å². The number of likely N-dealkylation sites (N-methyl/N-ethyl adjacent to an activating group) is 1. The Morgan fingerprint density at radius 1 is 1.12 bits per heavy atom. The summed E-state index contributed by atoms with van der Waals surface area (Å²) in [7, 11) is 5.31. The molecule has 0 fully saturated rings. The molecular weight excluding hydrogens is 436 g/mol. The van der Waals surface area contributed by atoms with Crippen molar-refractivity contribution in [3.05, 3.63) is 75.1 Å². The van der Waals surface area contributed by atoms with Crippen molar-refractivity contribution in [2.24, 2.45) is 0 Å². The molecule has 174 valence electrons. The lowest BCUT2D eigenvalue weighted by Crippen LogP contribution is -2.40. The first kappa shape index (κ1) is 24.4. The fourth-order valence-corrected chi connectivity index (χ4v) is 3.95. The minimum Gasteiger partial charge on any atom is -0.465 e. The largest absolute Gasteiger partial charge is 0.465 e. The molecule has 0 radical (unpaired) electrons. The number of H-pyrrole nitrogens is 1. The van der Waals surface area contributed by atoms with Gasteiger partial charge in [0.05, 0.1) is 24.9 Å². The van der Waals surface area contributed by atoms with Crippen molar-refractivity contribution in [2.45, 2.75) is 20.4 Å². The zero-order chi connectivity index (χ0) is 24.1. The Morgan fingerprint density at radius 3 is 2.55 bits per heavy atom. The van der Waals surface area contributed by atoms with E-state index >= 15 is 0 Å². The Hall–Kier alpha value is -3.23. The van der Waals surface area contributed by atoms with Crippen LogP contribution >= 0.6 is 12.2 Å². The van der Waals surface area contributed by atoms with Gasteiger partial charge in [-0.2, -0.15) is 0 Å². The molecule has 0 saturated carbocycles. The number of carbonyl (C=O) groups excluding carboxylic acids is 1. The SMILES string of the molecule is COC(=O)c1ccccc1NC(=S)N(CCN(C)C)Cc1cc2c(C)cc(C)cc2[nH]c1=O. The van der Waals surface area contributed by atoms with Crippen LogP contribution in [0.25, 0.3) is 10.9 Å². The molecule has 0 amide bonds. The van der Waals surface area contributed by atoms with Crippen molar-refractivity contribution < 1.29 is 9.53 Å². The summed E-state index contributed by atoms with van der Waals surface area (Å²) < 4.78 is 4.88. The van der Waals surface area contributed by atoms with Gasteiger partial charge < -0.3 is 24.8 Å². The molecule has 8 heteroatoms. The third-order valence-corrected chi connectivity index (χ3v) is 5.79. The quantitative estimate of drug-likeness (QED) is 0.406. The van der Waals surface area contributed by atoms with Gasteiger partial charge in [-0.3, -0.25) is 4.79 Å². The van der Waals surface area contributed by atoms with Crippen LogP contribution in [0, 0.1) is 13.8 Å². The van der Waals surface area contributed by atoms with Gasteiger partial charge >= 0.3 is 5.97 Å². The molecule has 0 spiro atoms. The predicted molar refractivity (Wildman–Crippen MR) is 137 cm³/mol. The molecule has 33 heavy (non-hydrogen) atoms. The molecular formula is C25H30N4O3S. The van der Waals surface area contributed by atoms with Crippen molar-refractivity contribution >= 4 is 39.9 Å². The second-order valence-corrected chi connectivity index (χ2v) is 8.75.